The van der Waals surface area contributed by atoms with E-state index in [4.69, 9.17) is 0 Å². The molecule has 0 amide bonds. The first-order chi connectivity index (χ1) is 8.69. The maximum absolute atomic E-state index is 12.4. The van der Waals surface area contributed by atoms with Crippen LogP contribution in [0.4, 0.5) is 0 Å². The molecule has 1 aromatic carbocycles. The fourth-order valence-electron chi connectivity index (χ4n) is 1.76. The van der Waals surface area contributed by atoms with Gasteiger partial charge in [-0.3, -0.25) is 0 Å². The molecule has 6 heteroatoms. The Labute approximate surface area is 104 Å². The Balaban J connectivity index is 2.27. The first-order valence-electron chi connectivity index (χ1n) is 5.27. The summed E-state index contributed by atoms with van der Waals surface area (Å²) in [6.07, 6.45) is 2.88. The van der Waals surface area contributed by atoms with E-state index >= 15 is 0 Å². The van der Waals surface area contributed by atoms with Crippen LogP contribution >= 0.6 is 0 Å². The van der Waals surface area contributed by atoms with Gasteiger partial charge in [0, 0.05) is 0 Å². The standard InChI is InChI=1S/C12H9N3O2S/c16-18(17,11-4-2-1-3-5-11)12-7-6-10-8-13-9-14-15(10)12/h1-9H. The largest absolute Gasteiger partial charge is 0.241 e. The maximum atomic E-state index is 12.4. The van der Waals surface area contributed by atoms with Crippen molar-refractivity contribution in [3.63, 3.8) is 0 Å². The van der Waals surface area contributed by atoms with Gasteiger partial charge in [0.1, 0.15) is 6.33 Å². The summed E-state index contributed by atoms with van der Waals surface area (Å²) in [6.45, 7) is 0. The van der Waals surface area contributed by atoms with Crippen LogP contribution in [0.3, 0.4) is 0 Å². The van der Waals surface area contributed by atoms with Crippen molar-refractivity contribution < 1.29 is 8.42 Å². The van der Waals surface area contributed by atoms with E-state index in [0.717, 1.165) is 0 Å². The Kier molecular flexibility index (Phi) is 2.38. The normalized spacial score (nSPS) is 11.8. The first kappa shape index (κ1) is 10.9. The van der Waals surface area contributed by atoms with E-state index < -0.39 is 9.84 Å². The lowest BCUT2D eigenvalue weighted by molar-refractivity contribution is 0.588. The van der Waals surface area contributed by atoms with Crippen LogP contribution < -0.4 is 0 Å². The van der Waals surface area contributed by atoms with Crippen LogP contribution in [0, 0.1) is 0 Å². The zero-order valence-corrected chi connectivity index (χ0v) is 10.1. The average Bonchev–Trinajstić information content (AvgIpc) is 2.84. The number of nitrogens with zero attached hydrogens (tertiary/aromatic N) is 3. The third-order valence-corrected chi connectivity index (χ3v) is 4.37. The van der Waals surface area contributed by atoms with Gasteiger partial charge in [0.15, 0.2) is 5.03 Å². The van der Waals surface area contributed by atoms with Gasteiger partial charge in [-0.25, -0.2) is 17.9 Å². The van der Waals surface area contributed by atoms with Crippen molar-refractivity contribution in [2.75, 3.05) is 0 Å². The molecule has 0 atom stereocenters. The fourth-order valence-corrected chi connectivity index (χ4v) is 3.15. The highest BCUT2D eigenvalue weighted by atomic mass is 32.2. The van der Waals surface area contributed by atoms with E-state index in [1.54, 1.807) is 42.6 Å². The van der Waals surface area contributed by atoms with Crippen molar-refractivity contribution >= 4 is 15.4 Å². The number of aromatic nitrogens is 3. The van der Waals surface area contributed by atoms with Crippen LogP contribution in [0.5, 0.6) is 0 Å². The Morgan fingerprint density at radius 1 is 1.00 bits per heavy atom. The summed E-state index contributed by atoms with van der Waals surface area (Å²) >= 11 is 0. The van der Waals surface area contributed by atoms with Gasteiger partial charge in [-0.1, -0.05) is 18.2 Å². The van der Waals surface area contributed by atoms with Crippen molar-refractivity contribution in [3.05, 3.63) is 55.0 Å². The first-order valence-corrected chi connectivity index (χ1v) is 6.76. The summed E-state index contributed by atoms with van der Waals surface area (Å²) in [5.74, 6) is 0. The summed E-state index contributed by atoms with van der Waals surface area (Å²) in [7, 11) is -3.55. The number of rotatable bonds is 2. The number of fused-ring (bicyclic) bond motifs is 1. The van der Waals surface area contributed by atoms with Crippen molar-refractivity contribution in [2.45, 2.75) is 9.92 Å². The second-order valence-electron chi connectivity index (χ2n) is 3.73. The van der Waals surface area contributed by atoms with Crippen LogP contribution in [0.25, 0.3) is 5.52 Å². The molecule has 3 aromatic rings. The van der Waals surface area contributed by atoms with E-state index in [-0.39, 0.29) is 9.92 Å². The molecule has 0 N–H and O–H groups in total. The van der Waals surface area contributed by atoms with Gasteiger partial charge in [0.25, 0.3) is 0 Å². The van der Waals surface area contributed by atoms with Gasteiger partial charge in [0.05, 0.1) is 16.6 Å². The smallest absolute Gasteiger partial charge is 0.223 e. The zero-order chi connectivity index (χ0) is 12.6. The molecule has 0 aliphatic carbocycles. The molecule has 0 radical (unpaired) electrons. The van der Waals surface area contributed by atoms with Crippen molar-refractivity contribution in [3.8, 4) is 0 Å². The summed E-state index contributed by atoms with van der Waals surface area (Å²) in [4.78, 5) is 4.11. The Morgan fingerprint density at radius 3 is 2.56 bits per heavy atom. The third kappa shape index (κ3) is 1.58. The Morgan fingerprint density at radius 2 is 1.78 bits per heavy atom. The van der Waals surface area contributed by atoms with Crippen LogP contribution in [-0.4, -0.2) is 23.0 Å². The van der Waals surface area contributed by atoms with Gasteiger partial charge in [0.2, 0.25) is 9.84 Å². The molecule has 2 heterocycles. The summed E-state index contributed by atoms with van der Waals surface area (Å²) in [5.41, 5.74) is 0.645. The maximum Gasteiger partial charge on any atom is 0.223 e. The second-order valence-corrected chi connectivity index (χ2v) is 5.63. The monoisotopic (exact) mass is 259 g/mol. The van der Waals surface area contributed by atoms with Crippen LogP contribution in [0.2, 0.25) is 0 Å². The minimum atomic E-state index is -3.55. The van der Waals surface area contributed by atoms with Crippen molar-refractivity contribution in [1.29, 1.82) is 0 Å². The van der Waals surface area contributed by atoms with Gasteiger partial charge in [-0.15, -0.1) is 0 Å². The fraction of sp³-hybridized carbons (Fsp3) is 0. The summed E-state index contributed by atoms with van der Waals surface area (Å²) in [6, 6.07) is 11.5. The molecule has 5 nitrogen and oxygen atoms in total. The van der Waals surface area contributed by atoms with Crippen molar-refractivity contribution in [1.82, 2.24) is 14.6 Å². The number of benzene rings is 1. The Bertz CT molecular complexity index is 794. The van der Waals surface area contributed by atoms with E-state index in [9.17, 15) is 8.42 Å². The van der Waals surface area contributed by atoms with E-state index in [1.165, 1.54) is 16.9 Å². The predicted octanol–water partition coefficient (Wildman–Crippen LogP) is 1.56. The highest BCUT2D eigenvalue weighted by Gasteiger charge is 2.21. The highest BCUT2D eigenvalue weighted by Crippen LogP contribution is 2.21. The molecular formula is C12H9N3O2S. The molecule has 18 heavy (non-hydrogen) atoms. The molecule has 0 saturated heterocycles. The second kappa shape index (κ2) is 3.92. The van der Waals surface area contributed by atoms with E-state index in [0.29, 0.717) is 5.52 Å². The molecular weight excluding hydrogens is 250 g/mol. The molecule has 3 rings (SSSR count). The van der Waals surface area contributed by atoms with Crippen molar-refractivity contribution in [2.24, 2.45) is 0 Å². The number of sulfone groups is 1. The molecule has 0 aliphatic heterocycles. The van der Waals surface area contributed by atoms with Gasteiger partial charge >= 0.3 is 0 Å². The minimum absolute atomic E-state index is 0.145. The molecule has 0 spiro atoms. The molecule has 0 fully saturated rings. The molecule has 90 valence electrons. The SMILES string of the molecule is O=S(=O)(c1ccccc1)c1ccc2cncnn12. The molecule has 0 bridgehead atoms. The summed E-state index contributed by atoms with van der Waals surface area (Å²) in [5, 5.41) is 4.10. The molecule has 2 aromatic heterocycles. The van der Waals surface area contributed by atoms with Gasteiger partial charge in [-0.2, -0.15) is 5.10 Å². The molecule has 0 unspecified atom stereocenters. The average molecular weight is 259 g/mol. The van der Waals surface area contributed by atoms with Gasteiger partial charge < -0.3 is 0 Å². The molecule has 0 saturated carbocycles. The predicted molar refractivity (Wildman–Crippen MR) is 64.9 cm³/mol. The number of hydrogen-bond donors (Lipinski definition) is 0. The lowest BCUT2D eigenvalue weighted by Crippen LogP contribution is -2.07. The topological polar surface area (TPSA) is 64.3 Å². The van der Waals surface area contributed by atoms with Crippen LogP contribution in [0.15, 0.2) is 64.9 Å². The van der Waals surface area contributed by atoms with Crippen LogP contribution in [0.1, 0.15) is 0 Å². The lowest BCUT2D eigenvalue weighted by Gasteiger charge is -2.03. The van der Waals surface area contributed by atoms with E-state index in [2.05, 4.69) is 10.1 Å². The third-order valence-electron chi connectivity index (χ3n) is 2.62. The highest BCUT2D eigenvalue weighted by molar-refractivity contribution is 7.91. The van der Waals surface area contributed by atoms with E-state index in [1.807, 2.05) is 0 Å². The number of hydrogen-bond acceptors (Lipinski definition) is 4. The molecule has 0 aliphatic rings. The summed E-state index contributed by atoms with van der Waals surface area (Å²) < 4.78 is 26.2. The van der Waals surface area contributed by atoms with Gasteiger partial charge in [-0.05, 0) is 24.3 Å². The zero-order valence-electron chi connectivity index (χ0n) is 9.26. The van der Waals surface area contributed by atoms with Crippen LogP contribution in [-0.2, 0) is 9.84 Å². The minimum Gasteiger partial charge on any atom is -0.241 e. The Hall–Kier alpha value is -2.21. The lowest BCUT2D eigenvalue weighted by atomic mass is 10.4. The quantitative estimate of drug-likeness (QED) is 0.700.